The van der Waals surface area contributed by atoms with Crippen LogP contribution in [-0.2, 0) is 4.74 Å². The van der Waals surface area contributed by atoms with Crippen molar-refractivity contribution in [2.24, 2.45) is 0 Å². The zero-order chi connectivity index (χ0) is 18.5. The van der Waals surface area contributed by atoms with Crippen molar-refractivity contribution in [3.8, 4) is 17.0 Å². The van der Waals surface area contributed by atoms with E-state index in [1.54, 1.807) is 25.7 Å². The Morgan fingerprint density at radius 3 is 2.70 bits per heavy atom. The Hall–Kier alpha value is -3.26. The molecule has 0 unspecified atom stereocenters. The lowest BCUT2D eigenvalue weighted by atomic mass is 10.1. The summed E-state index contributed by atoms with van der Waals surface area (Å²) in [6, 6.07) is 9.61. The summed E-state index contributed by atoms with van der Waals surface area (Å²) in [6.45, 7) is 3.14. The molecule has 0 atom stereocenters. The number of nitrogens with zero attached hydrogens (tertiary/aromatic N) is 5. The van der Waals surface area contributed by atoms with Gasteiger partial charge >= 0.3 is 0 Å². The first kappa shape index (κ1) is 17.2. The van der Waals surface area contributed by atoms with Crippen LogP contribution in [0.4, 0.5) is 17.3 Å². The van der Waals surface area contributed by atoms with Crippen molar-refractivity contribution in [2.45, 2.75) is 0 Å². The van der Waals surface area contributed by atoms with Crippen LogP contribution in [0.2, 0.25) is 0 Å². The van der Waals surface area contributed by atoms with Gasteiger partial charge in [-0.05, 0) is 18.2 Å². The van der Waals surface area contributed by atoms with E-state index in [0.29, 0.717) is 11.7 Å². The predicted molar refractivity (Wildman–Crippen MR) is 102 cm³/mol. The maximum Gasteiger partial charge on any atom is 0.212 e. The lowest BCUT2D eigenvalue weighted by Gasteiger charge is -2.28. The van der Waals surface area contributed by atoms with Crippen LogP contribution in [0.5, 0.6) is 5.88 Å². The first-order valence-electron chi connectivity index (χ1n) is 8.71. The Morgan fingerprint density at radius 2 is 1.93 bits per heavy atom. The largest absolute Gasteiger partial charge is 0.481 e. The molecule has 1 saturated heterocycles. The number of rotatable bonds is 5. The number of aromatic nitrogens is 4. The lowest BCUT2D eigenvalue weighted by molar-refractivity contribution is 0.122. The molecule has 3 aromatic rings. The first-order chi connectivity index (χ1) is 13.3. The third-order valence-corrected chi connectivity index (χ3v) is 4.29. The number of anilines is 3. The second kappa shape index (κ2) is 7.96. The van der Waals surface area contributed by atoms with Crippen LogP contribution in [-0.4, -0.2) is 53.6 Å². The van der Waals surface area contributed by atoms with E-state index in [1.165, 1.54) is 0 Å². The number of nitrogens with one attached hydrogen (secondary N) is 1. The van der Waals surface area contributed by atoms with Gasteiger partial charge in [0.05, 0.1) is 26.5 Å². The number of methoxy groups -OCH3 is 1. The van der Waals surface area contributed by atoms with Crippen LogP contribution in [0.15, 0.2) is 48.9 Å². The number of morpholine rings is 1. The highest BCUT2D eigenvalue weighted by Crippen LogP contribution is 2.24. The van der Waals surface area contributed by atoms with Crippen molar-refractivity contribution in [2.75, 3.05) is 43.6 Å². The highest BCUT2D eigenvalue weighted by atomic mass is 16.5. The van der Waals surface area contributed by atoms with E-state index in [9.17, 15) is 0 Å². The van der Waals surface area contributed by atoms with Gasteiger partial charge in [0, 0.05) is 54.4 Å². The number of pyridine rings is 2. The fourth-order valence-electron chi connectivity index (χ4n) is 2.87. The van der Waals surface area contributed by atoms with Crippen LogP contribution in [0, 0.1) is 0 Å². The molecule has 138 valence electrons. The van der Waals surface area contributed by atoms with E-state index in [4.69, 9.17) is 9.47 Å². The summed E-state index contributed by atoms with van der Waals surface area (Å²) in [4.78, 5) is 10.9. The molecule has 0 radical (unpaired) electrons. The molecule has 0 amide bonds. The Morgan fingerprint density at radius 1 is 1.04 bits per heavy atom. The minimum Gasteiger partial charge on any atom is -0.481 e. The fraction of sp³-hybridized carbons (Fsp3) is 0.263. The molecular weight excluding hydrogens is 344 g/mol. The molecule has 27 heavy (non-hydrogen) atoms. The van der Waals surface area contributed by atoms with Crippen LogP contribution in [0.3, 0.4) is 0 Å². The van der Waals surface area contributed by atoms with Gasteiger partial charge in [0.25, 0.3) is 0 Å². The normalized spacial score (nSPS) is 14.0. The quantitative estimate of drug-likeness (QED) is 0.739. The number of ether oxygens (including phenoxy) is 2. The second-order valence-corrected chi connectivity index (χ2v) is 6.05. The standard InChI is InChI=1S/C19H20N6O2/c1-26-19-3-2-14(12-21-19)15-10-17(24-22-13-15)23-16-4-5-20-18(11-16)25-6-8-27-9-7-25/h2-5,10-13H,6-9H2,1H3,(H,20,23,24). The van der Waals surface area contributed by atoms with Crippen molar-refractivity contribution >= 4 is 17.3 Å². The average molecular weight is 364 g/mol. The minimum absolute atomic E-state index is 0.576. The van der Waals surface area contributed by atoms with E-state index in [-0.39, 0.29) is 0 Å². The fourth-order valence-corrected chi connectivity index (χ4v) is 2.87. The zero-order valence-corrected chi connectivity index (χ0v) is 15.0. The van der Waals surface area contributed by atoms with E-state index in [2.05, 4.69) is 30.4 Å². The van der Waals surface area contributed by atoms with Gasteiger partial charge in [-0.3, -0.25) is 0 Å². The van der Waals surface area contributed by atoms with Crippen LogP contribution < -0.4 is 15.0 Å². The molecule has 0 bridgehead atoms. The van der Waals surface area contributed by atoms with Crippen molar-refractivity contribution < 1.29 is 9.47 Å². The van der Waals surface area contributed by atoms with Gasteiger partial charge in [-0.25, -0.2) is 9.97 Å². The van der Waals surface area contributed by atoms with Crippen molar-refractivity contribution in [1.29, 1.82) is 0 Å². The van der Waals surface area contributed by atoms with Gasteiger partial charge in [0.2, 0.25) is 5.88 Å². The van der Waals surface area contributed by atoms with Gasteiger partial charge in [-0.2, -0.15) is 5.10 Å². The molecule has 8 heteroatoms. The van der Waals surface area contributed by atoms with Gasteiger partial charge in [-0.1, -0.05) is 0 Å². The maximum absolute atomic E-state index is 5.40. The molecule has 1 aliphatic rings. The van der Waals surface area contributed by atoms with E-state index in [1.807, 2.05) is 30.3 Å². The Bertz CT molecular complexity index is 897. The molecule has 1 aliphatic heterocycles. The number of hydrogen-bond donors (Lipinski definition) is 1. The smallest absolute Gasteiger partial charge is 0.212 e. The summed E-state index contributed by atoms with van der Waals surface area (Å²) in [6.07, 6.45) is 5.25. The topological polar surface area (TPSA) is 85.3 Å². The average Bonchev–Trinajstić information content (AvgIpc) is 2.75. The Kier molecular flexibility index (Phi) is 5.06. The van der Waals surface area contributed by atoms with E-state index < -0.39 is 0 Å². The molecule has 8 nitrogen and oxygen atoms in total. The first-order valence-corrected chi connectivity index (χ1v) is 8.71. The molecular formula is C19H20N6O2. The number of hydrogen-bond acceptors (Lipinski definition) is 8. The third kappa shape index (κ3) is 4.12. The highest BCUT2D eigenvalue weighted by molar-refractivity contribution is 5.68. The summed E-state index contributed by atoms with van der Waals surface area (Å²) in [5, 5.41) is 11.6. The molecule has 0 spiro atoms. The summed E-state index contributed by atoms with van der Waals surface area (Å²) in [5.41, 5.74) is 2.77. The maximum atomic E-state index is 5.40. The Balaban J connectivity index is 1.52. The molecule has 4 heterocycles. The van der Waals surface area contributed by atoms with Gasteiger partial charge in [-0.15, -0.1) is 5.10 Å². The lowest BCUT2D eigenvalue weighted by Crippen LogP contribution is -2.36. The summed E-state index contributed by atoms with van der Waals surface area (Å²) >= 11 is 0. The van der Waals surface area contributed by atoms with E-state index in [0.717, 1.165) is 48.9 Å². The SMILES string of the molecule is COc1ccc(-c2cnnc(Nc3ccnc(N4CCOCC4)c3)c2)cn1. The minimum atomic E-state index is 0.576. The van der Waals surface area contributed by atoms with E-state index >= 15 is 0 Å². The van der Waals surface area contributed by atoms with Crippen molar-refractivity contribution in [1.82, 2.24) is 20.2 Å². The Labute approximate surface area is 157 Å². The molecule has 4 rings (SSSR count). The third-order valence-electron chi connectivity index (χ3n) is 4.29. The van der Waals surface area contributed by atoms with Gasteiger partial charge in [0.15, 0.2) is 5.82 Å². The molecule has 0 saturated carbocycles. The second-order valence-electron chi connectivity index (χ2n) is 6.05. The highest BCUT2D eigenvalue weighted by Gasteiger charge is 2.13. The van der Waals surface area contributed by atoms with Crippen molar-refractivity contribution in [3.05, 3.63) is 48.9 Å². The molecule has 3 aromatic heterocycles. The molecule has 0 aliphatic carbocycles. The van der Waals surface area contributed by atoms with Crippen molar-refractivity contribution in [3.63, 3.8) is 0 Å². The molecule has 1 N–H and O–H groups in total. The summed E-state index contributed by atoms with van der Waals surface area (Å²) < 4.78 is 10.5. The molecule has 1 fully saturated rings. The van der Waals surface area contributed by atoms with Crippen LogP contribution >= 0.6 is 0 Å². The summed E-state index contributed by atoms with van der Waals surface area (Å²) in [5.74, 6) is 2.15. The molecule has 0 aromatic carbocycles. The van der Waals surface area contributed by atoms with Crippen LogP contribution in [0.25, 0.3) is 11.1 Å². The van der Waals surface area contributed by atoms with Gasteiger partial charge < -0.3 is 19.7 Å². The van der Waals surface area contributed by atoms with Gasteiger partial charge in [0.1, 0.15) is 5.82 Å². The monoisotopic (exact) mass is 364 g/mol. The predicted octanol–water partition coefficient (Wildman–Crippen LogP) is 2.52. The summed E-state index contributed by atoms with van der Waals surface area (Å²) in [7, 11) is 1.60. The zero-order valence-electron chi connectivity index (χ0n) is 15.0. The van der Waals surface area contributed by atoms with Crippen LogP contribution in [0.1, 0.15) is 0 Å².